The van der Waals surface area contributed by atoms with Crippen LogP contribution in [0.5, 0.6) is 11.8 Å². The number of ether oxygens (including phenoxy) is 2. The number of fused-ring (bicyclic) bond motifs is 1. The van der Waals surface area contributed by atoms with Crippen LogP contribution < -0.4 is 9.47 Å². The number of halogens is 3. The van der Waals surface area contributed by atoms with Crippen LogP contribution in [0.15, 0.2) is 42.9 Å². The summed E-state index contributed by atoms with van der Waals surface area (Å²) in [5, 5.41) is 1.58. The number of carbonyl (C=O) groups excluding carboxylic acids is 1. The molecule has 1 aliphatic heterocycles. The first-order valence-corrected chi connectivity index (χ1v) is 11.2. The van der Waals surface area contributed by atoms with E-state index in [1.54, 1.807) is 11.1 Å². The molecule has 2 atom stereocenters. The van der Waals surface area contributed by atoms with E-state index in [1.165, 1.54) is 0 Å². The molecule has 0 radical (unpaired) electrons. The third-order valence-corrected chi connectivity index (χ3v) is 5.84. The predicted molar refractivity (Wildman–Crippen MR) is 119 cm³/mol. The number of aromatic nitrogens is 3. The number of hydrogen-bond acceptors (Lipinski definition) is 6. The van der Waals surface area contributed by atoms with Crippen molar-refractivity contribution in [2.45, 2.75) is 51.4 Å². The van der Waals surface area contributed by atoms with Crippen LogP contribution in [0.25, 0.3) is 10.8 Å². The van der Waals surface area contributed by atoms with Crippen LogP contribution in [0.1, 0.15) is 49.2 Å². The fourth-order valence-electron chi connectivity index (χ4n) is 4.29. The van der Waals surface area contributed by atoms with Crippen molar-refractivity contribution in [3.8, 4) is 11.8 Å². The Bertz CT molecular complexity index is 1150. The lowest BCUT2D eigenvalue weighted by atomic mass is 10.0. The Kier molecular flexibility index (Phi) is 6.85. The molecule has 10 heteroatoms. The first-order valence-electron chi connectivity index (χ1n) is 11.2. The van der Waals surface area contributed by atoms with Crippen LogP contribution in [-0.2, 0) is 6.18 Å². The topological polar surface area (TPSA) is 77.4 Å². The second-order valence-corrected chi connectivity index (χ2v) is 7.97. The summed E-state index contributed by atoms with van der Waals surface area (Å²) in [5.74, 6) is 0.0520. The van der Waals surface area contributed by atoms with Crippen molar-refractivity contribution in [2.75, 3.05) is 13.2 Å². The first-order chi connectivity index (χ1) is 16.3. The minimum atomic E-state index is -4.57. The summed E-state index contributed by atoms with van der Waals surface area (Å²) in [7, 11) is 0. The highest BCUT2D eigenvalue weighted by Crippen LogP contribution is 2.32. The number of carbonyl (C=O) groups is 1. The molecule has 3 aromatic rings. The molecule has 180 valence electrons. The first kappa shape index (κ1) is 23.7. The molecular weight excluding hydrogens is 449 g/mol. The van der Waals surface area contributed by atoms with Gasteiger partial charge in [-0.05, 0) is 26.2 Å². The average molecular weight is 474 g/mol. The van der Waals surface area contributed by atoms with Crippen molar-refractivity contribution in [3.05, 3.63) is 54.1 Å². The Morgan fingerprint density at radius 1 is 1.15 bits per heavy atom. The van der Waals surface area contributed by atoms with E-state index in [1.807, 2.05) is 38.1 Å². The SMILES string of the molecule is CCOc1ncc2ccccc2c1C(=O)N1CCCC1C(CC)Oc1cnc(C(F)(F)F)cn1. The predicted octanol–water partition coefficient (Wildman–Crippen LogP) is 4.90. The van der Waals surface area contributed by atoms with Crippen molar-refractivity contribution >= 4 is 16.7 Å². The van der Waals surface area contributed by atoms with Crippen LogP contribution in [0.3, 0.4) is 0 Å². The van der Waals surface area contributed by atoms with E-state index in [0.717, 1.165) is 23.4 Å². The van der Waals surface area contributed by atoms with Gasteiger partial charge in [0.2, 0.25) is 11.8 Å². The second-order valence-electron chi connectivity index (χ2n) is 7.97. The molecule has 7 nitrogen and oxygen atoms in total. The third-order valence-electron chi connectivity index (χ3n) is 5.84. The van der Waals surface area contributed by atoms with Crippen LogP contribution in [0.4, 0.5) is 13.2 Å². The number of alkyl halides is 3. The molecule has 0 aliphatic carbocycles. The molecule has 1 amide bonds. The van der Waals surface area contributed by atoms with E-state index >= 15 is 0 Å². The third kappa shape index (κ3) is 4.76. The van der Waals surface area contributed by atoms with Crippen molar-refractivity contribution in [3.63, 3.8) is 0 Å². The maximum atomic E-state index is 13.8. The van der Waals surface area contributed by atoms with Crippen LogP contribution >= 0.6 is 0 Å². The summed E-state index contributed by atoms with van der Waals surface area (Å²) >= 11 is 0. The van der Waals surface area contributed by atoms with Gasteiger partial charge in [-0.1, -0.05) is 31.2 Å². The molecule has 2 unspecified atom stereocenters. The summed E-state index contributed by atoms with van der Waals surface area (Å²) in [4.78, 5) is 27.1. The maximum Gasteiger partial charge on any atom is 0.434 e. The molecule has 0 saturated carbocycles. The molecule has 1 aliphatic rings. The van der Waals surface area contributed by atoms with Gasteiger partial charge in [0.05, 0.1) is 25.0 Å². The Labute approximate surface area is 194 Å². The summed E-state index contributed by atoms with van der Waals surface area (Å²) in [6.07, 6.45) is 0.260. The van der Waals surface area contributed by atoms with Gasteiger partial charge in [-0.25, -0.2) is 15.0 Å². The minimum Gasteiger partial charge on any atom is -0.477 e. The molecule has 1 aromatic carbocycles. The Morgan fingerprint density at radius 2 is 1.94 bits per heavy atom. The van der Waals surface area contributed by atoms with Crippen LogP contribution in [-0.4, -0.2) is 51.1 Å². The molecule has 0 N–H and O–H groups in total. The normalized spacial score (nSPS) is 17.1. The number of rotatable bonds is 7. The zero-order valence-electron chi connectivity index (χ0n) is 18.9. The van der Waals surface area contributed by atoms with Crippen LogP contribution in [0.2, 0.25) is 0 Å². The highest BCUT2D eigenvalue weighted by Gasteiger charge is 2.38. The minimum absolute atomic E-state index is 0.0130. The quantitative estimate of drug-likeness (QED) is 0.485. The standard InChI is InChI=1S/C24H25F3N4O3/c1-3-18(34-20-14-28-19(13-29-20)24(25,26)27)17-10-7-11-31(17)23(32)21-16-9-6-5-8-15(16)12-30-22(21)33-4-2/h5-6,8-9,12-14,17-18H,3-4,7,10-11H2,1-2H3. The number of benzene rings is 1. The molecule has 0 bridgehead atoms. The molecule has 2 aromatic heterocycles. The molecule has 1 saturated heterocycles. The molecule has 4 rings (SSSR count). The molecular formula is C24H25F3N4O3. The van der Waals surface area contributed by atoms with Crippen molar-refractivity contribution in [1.29, 1.82) is 0 Å². The van der Waals surface area contributed by atoms with Gasteiger partial charge in [0.15, 0.2) is 5.69 Å². The summed E-state index contributed by atoms with van der Waals surface area (Å²) in [6.45, 7) is 4.61. The van der Waals surface area contributed by atoms with E-state index in [0.29, 0.717) is 37.8 Å². The monoisotopic (exact) mass is 474 g/mol. The summed E-state index contributed by atoms with van der Waals surface area (Å²) < 4.78 is 50.0. The molecule has 34 heavy (non-hydrogen) atoms. The fraction of sp³-hybridized carbons (Fsp3) is 0.417. The highest BCUT2D eigenvalue weighted by atomic mass is 19.4. The number of pyridine rings is 1. The smallest absolute Gasteiger partial charge is 0.434 e. The lowest BCUT2D eigenvalue weighted by Crippen LogP contribution is -2.45. The van der Waals surface area contributed by atoms with E-state index in [9.17, 15) is 18.0 Å². The summed E-state index contributed by atoms with van der Waals surface area (Å²) in [5.41, 5.74) is -0.687. The van der Waals surface area contributed by atoms with Gasteiger partial charge < -0.3 is 14.4 Å². The van der Waals surface area contributed by atoms with E-state index < -0.39 is 18.0 Å². The zero-order valence-corrected chi connectivity index (χ0v) is 18.9. The van der Waals surface area contributed by atoms with Crippen molar-refractivity contribution in [1.82, 2.24) is 19.9 Å². The van der Waals surface area contributed by atoms with Crippen molar-refractivity contribution < 1.29 is 27.4 Å². The molecule has 3 heterocycles. The average Bonchev–Trinajstić information content (AvgIpc) is 3.32. The second kappa shape index (κ2) is 9.82. The summed E-state index contributed by atoms with van der Waals surface area (Å²) in [6, 6.07) is 7.21. The van der Waals surface area contributed by atoms with Gasteiger partial charge >= 0.3 is 6.18 Å². The lowest BCUT2D eigenvalue weighted by Gasteiger charge is -2.31. The fourth-order valence-corrected chi connectivity index (χ4v) is 4.29. The van der Waals surface area contributed by atoms with Gasteiger partial charge in [-0.2, -0.15) is 13.2 Å². The van der Waals surface area contributed by atoms with Gasteiger partial charge in [0.25, 0.3) is 5.91 Å². The molecule has 0 spiro atoms. The van der Waals surface area contributed by atoms with E-state index in [2.05, 4.69) is 15.0 Å². The van der Waals surface area contributed by atoms with E-state index in [4.69, 9.17) is 9.47 Å². The Morgan fingerprint density at radius 3 is 2.62 bits per heavy atom. The number of likely N-dealkylation sites (tertiary alicyclic amines) is 1. The Hall–Kier alpha value is -3.43. The van der Waals surface area contributed by atoms with E-state index in [-0.39, 0.29) is 23.7 Å². The number of hydrogen-bond donors (Lipinski definition) is 0. The van der Waals surface area contributed by atoms with Gasteiger partial charge in [0, 0.05) is 23.5 Å². The number of nitrogens with zero attached hydrogens (tertiary/aromatic N) is 4. The van der Waals surface area contributed by atoms with Gasteiger partial charge in [-0.3, -0.25) is 4.79 Å². The highest BCUT2D eigenvalue weighted by molar-refractivity contribution is 6.08. The largest absolute Gasteiger partial charge is 0.477 e. The number of amides is 1. The lowest BCUT2D eigenvalue weighted by molar-refractivity contribution is -0.141. The van der Waals surface area contributed by atoms with Gasteiger partial charge in [0.1, 0.15) is 11.7 Å². The zero-order chi connectivity index (χ0) is 24.3. The van der Waals surface area contributed by atoms with Crippen LogP contribution in [0, 0.1) is 0 Å². The molecule has 1 fully saturated rings. The van der Waals surface area contributed by atoms with Gasteiger partial charge in [-0.15, -0.1) is 0 Å². The Balaban J connectivity index is 1.61. The maximum absolute atomic E-state index is 13.8. The van der Waals surface area contributed by atoms with Crippen molar-refractivity contribution in [2.24, 2.45) is 0 Å².